The van der Waals surface area contributed by atoms with Crippen molar-refractivity contribution < 1.29 is 4.42 Å². The first-order valence-electron chi connectivity index (χ1n) is 7.74. The van der Waals surface area contributed by atoms with Crippen LogP contribution in [0.4, 0.5) is 0 Å². The van der Waals surface area contributed by atoms with E-state index < -0.39 is 0 Å². The minimum absolute atomic E-state index is 0.612. The molecule has 106 valence electrons. The van der Waals surface area contributed by atoms with Crippen LogP contribution in [0, 0.1) is 0 Å². The van der Waals surface area contributed by atoms with E-state index in [1.807, 2.05) is 6.07 Å². The van der Waals surface area contributed by atoms with Gasteiger partial charge in [-0.25, -0.2) is 0 Å². The SMILES string of the molecule is c1ccc(C2CCCCC2NCCc2ccco2)cc1. The van der Waals surface area contributed by atoms with Crippen molar-refractivity contribution in [2.24, 2.45) is 0 Å². The molecule has 0 radical (unpaired) electrons. The second-order valence-electron chi connectivity index (χ2n) is 5.69. The van der Waals surface area contributed by atoms with Gasteiger partial charge in [0.2, 0.25) is 0 Å². The molecule has 1 heterocycles. The summed E-state index contributed by atoms with van der Waals surface area (Å²) in [6.45, 7) is 1.00. The predicted octanol–water partition coefficient (Wildman–Crippen LogP) is 4.14. The molecule has 0 bridgehead atoms. The Morgan fingerprint density at radius 3 is 2.65 bits per heavy atom. The molecule has 0 amide bonds. The van der Waals surface area contributed by atoms with E-state index in [4.69, 9.17) is 4.42 Å². The molecule has 2 nitrogen and oxygen atoms in total. The number of nitrogens with one attached hydrogen (secondary N) is 1. The summed E-state index contributed by atoms with van der Waals surface area (Å²) in [5, 5.41) is 3.75. The normalized spacial score (nSPS) is 22.8. The molecule has 2 heteroatoms. The second-order valence-corrected chi connectivity index (χ2v) is 5.69. The van der Waals surface area contributed by atoms with Crippen molar-refractivity contribution in [2.75, 3.05) is 6.54 Å². The summed E-state index contributed by atoms with van der Waals surface area (Å²) in [6.07, 6.45) is 8.03. The molecule has 2 aromatic rings. The first-order chi connectivity index (χ1) is 9.93. The van der Waals surface area contributed by atoms with Gasteiger partial charge in [0.1, 0.15) is 5.76 Å². The van der Waals surface area contributed by atoms with Gasteiger partial charge in [-0.1, -0.05) is 43.2 Å². The van der Waals surface area contributed by atoms with Crippen LogP contribution in [0.3, 0.4) is 0 Å². The van der Waals surface area contributed by atoms with E-state index in [9.17, 15) is 0 Å². The van der Waals surface area contributed by atoms with Gasteiger partial charge in [0.15, 0.2) is 0 Å². The van der Waals surface area contributed by atoms with E-state index in [-0.39, 0.29) is 0 Å². The van der Waals surface area contributed by atoms with Gasteiger partial charge in [0, 0.05) is 19.0 Å². The molecule has 20 heavy (non-hydrogen) atoms. The number of benzene rings is 1. The van der Waals surface area contributed by atoms with Gasteiger partial charge in [-0.2, -0.15) is 0 Å². The average molecular weight is 269 g/mol. The molecule has 1 fully saturated rings. The fraction of sp³-hybridized carbons (Fsp3) is 0.444. The minimum Gasteiger partial charge on any atom is -0.469 e. The Bertz CT molecular complexity index is 491. The van der Waals surface area contributed by atoms with Crippen LogP contribution in [0.25, 0.3) is 0 Å². The maximum absolute atomic E-state index is 5.39. The molecule has 0 saturated heterocycles. The lowest BCUT2D eigenvalue weighted by molar-refractivity contribution is 0.326. The fourth-order valence-corrected chi connectivity index (χ4v) is 3.31. The summed E-state index contributed by atoms with van der Waals surface area (Å²) in [6, 6.07) is 15.6. The zero-order valence-electron chi connectivity index (χ0n) is 11.9. The molecule has 3 rings (SSSR count). The van der Waals surface area contributed by atoms with E-state index in [0.717, 1.165) is 18.7 Å². The Labute approximate surface area is 121 Å². The van der Waals surface area contributed by atoms with Crippen LogP contribution in [-0.2, 0) is 6.42 Å². The number of furan rings is 1. The van der Waals surface area contributed by atoms with E-state index in [1.54, 1.807) is 6.26 Å². The maximum atomic E-state index is 5.39. The van der Waals surface area contributed by atoms with Gasteiger partial charge in [-0.05, 0) is 36.5 Å². The molecule has 0 spiro atoms. The molecule has 1 aromatic heterocycles. The van der Waals surface area contributed by atoms with Crippen molar-refractivity contribution in [1.29, 1.82) is 0 Å². The van der Waals surface area contributed by atoms with Gasteiger partial charge < -0.3 is 9.73 Å². The van der Waals surface area contributed by atoms with Crippen molar-refractivity contribution in [1.82, 2.24) is 5.32 Å². The van der Waals surface area contributed by atoms with Gasteiger partial charge in [0.25, 0.3) is 0 Å². The Morgan fingerprint density at radius 2 is 1.85 bits per heavy atom. The monoisotopic (exact) mass is 269 g/mol. The van der Waals surface area contributed by atoms with Gasteiger partial charge >= 0.3 is 0 Å². The lowest BCUT2D eigenvalue weighted by Gasteiger charge is -2.32. The van der Waals surface area contributed by atoms with Crippen molar-refractivity contribution in [2.45, 2.75) is 44.1 Å². The molecule has 1 aliphatic carbocycles. The van der Waals surface area contributed by atoms with Crippen molar-refractivity contribution in [3.8, 4) is 0 Å². The Morgan fingerprint density at radius 1 is 1.00 bits per heavy atom. The summed E-state index contributed by atoms with van der Waals surface area (Å²) in [5.74, 6) is 1.74. The zero-order chi connectivity index (χ0) is 13.6. The van der Waals surface area contributed by atoms with Crippen LogP contribution < -0.4 is 5.32 Å². The van der Waals surface area contributed by atoms with Crippen LogP contribution in [0.15, 0.2) is 53.1 Å². The van der Waals surface area contributed by atoms with E-state index >= 15 is 0 Å². The minimum atomic E-state index is 0.612. The first-order valence-corrected chi connectivity index (χ1v) is 7.74. The standard InChI is InChI=1S/C18H23NO/c1-2-7-15(8-3-1)17-10-4-5-11-18(17)19-13-12-16-9-6-14-20-16/h1-3,6-9,14,17-19H,4-5,10-13H2. The Hall–Kier alpha value is -1.54. The molecule has 2 unspecified atom stereocenters. The van der Waals surface area contributed by atoms with E-state index in [0.29, 0.717) is 12.0 Å². The van der Waals surface area contributed by atoms with Crippen molar-refractivity contribution >= 4 is 0 Å². The smallest absolute Gasteiger partial charge is 0.105 e. The molecule has 2 atom stereocenters. The third-order valence-electron chi connectivity index (χ3n) is 4.35. The number of hydrogen-bond acceptors (Lipinski definition) is 2. The molecule has 1 N–H and O–H groups in total. The quantitative estimate of drug-likeness (QED) is 0.882. The zero-order valence-corrected chi connectivity index (χ0v) is 11.9. The maximum Gasteiger partial charge on any atom is 0.105 e. The van der Waals surface area contributed by atoms with Gasteiger partial charge in [-0.3, -0.25) is 0 Å². The van der Waals surface area contributed by atoms with E-state index in [2.05, 4.69) is 41.7 Å². The van der Waals surface area contributed by atoms with Crippen LogP contribution in [0.1, 0.15) is 42.9 Å². The van der Waals surface area contributed by atoms with Crippen LogP contribution in [0.2, 0.25) is 0 Å². The fourth-order valence-electron chi connectivity index (χ4n) is 3.31. The second kappa shape index (κ2) is 6.76. The molecular formula is C18H23NO. The highest BCUT2D eigenvalue weighted by Crippen LogP contribution is 2.32. The summed E-state index contributed by atoms with van der Waals surface area (Å²) in [5.41, 5.74) is 1.49. The highest BCUT2D eigenvalue weighted by Gasteiger charge is 2.25. The topological polar surface area (TPSA) is 25.2 Å². The number of hydrogen-bond donors (Lipinski definition) is 1. The summed E-state index contributed by atoms with van der Waals surface area (Å²) in [7, 11) is 0. The predicted molar refractivity (Wildman–Crippen MR) is 81.9 cm³/mol. The lowest BCUT2D eigenvalue weighted by atomic mass is 9.80. The third-order valence-corrected chi connectivity index (χ3v) is 4.35. The van der Waals surface area contributed by atoms with Crippen LogP contribution in [-0.4, -0.2) is 12.6 Å². The van der Waals surface area contributed by atoms with Crippen LogP contribution >= 0.6 is 0 Å². The molecule has 1 aromatic carbocycles. The number of rotatable bonds is 5. The summed E-state index contributed by atoms with van der Waals surface area (Å²) >= 11 is 0. The average Bonchev–Trinajstić information content (AvgIpc) is 3.02. The molecule has 1 aliphatic rings. The lowest BCUT2D eigenvalue weighted by Crippen LogP contribution is -2.38. The first kappa shape index (κ1) is 13.4. The largest absolute Gasteiger partial charge is 0.469 e. The summed E-state index contributed by atoms with van der Waals surface area (Å²) in [4.78, 5) is 0. The third kappa shape index (κ3) is 3.31. The van der Waals surface area contributed by atoms with Crippen molar-refractivity contribution in [3.63, 3.8) is 0 Å². The molecule has 1 saturated carbocycles. The van der Waals surface area contributed by atoms with E-state index in [1.165, 1.54) is 31.2 Å². The van der Waals surface area contributed by atoms with Crippen LogP contribution in [0.5, 0.6) is 0 Å². The summed E-state index contributed by atoms with van der Waals surface area (Å²) < 4.78 is 5.39. The molecular weight excluding hydrogens is 246 g/mol. The molecule has 0 aliphatic heterocycles. The Balaban J connectivity index is 1.58. The van der Waals surface area contributed by atoms with Crippen molar-refractivity contribution in [3.05, 3.63) is 60.1 Å². The Kier molecular flexibility index (Phi) is 4.54. The van der Waals surface area contributed by atoms with Gasteiger partial charge in [0.05, 0.1) is 6.26 Å². The highest BCUT2D eigenvalue weighted by molar-refractivity contribution is 5.22. The highest BCUT2D eigenvalue weighted by atomic mass is 16.3. The van der Waals surface area contributed by atoms with Gasteiger partial charge in [-0.15, -0.1) is 0 Å².